The van der Waals surface area contributed by atoms with Crippen LogP contribution < -0.4 is 0 Å². The minimum atomic E-state index is -2.57. The number of rotatable bonds is 6. The predicted octanol–water partition coefficient (Wildman–Crippen LogP) is 4.13. The molecule has 1 heterocycles. The van der Waals surface area contributed by atoms with E-state index in [-0.39, 0.29) is 23.3 Å². The van der Waals surface area contributed by atoms with Crippen LogP contribution in [0.15, 0.2) is 28.5 Å². The summed E-state index contributed by atoms with van der Waals surface area (Å²) in [6, 6.07) is 0. The van der Waals surface area contributed by atoms with Crippen LogP contribution in [0.1, 0.15) is 33.1 Å². The Morgan fingerprint density at radius 3 is 2.36 bits per heavy atom. The molecule has 4 nitrogen and oxygen atoms in total. The molecule has 1 atom stereocenters. The highest BCUT2D eigenvalue weighted by Gasteiger charge is 2.19. The lowest BCUT2D eigenvalue weighted by molar-refractivity contribution is -0.122. The van der Waals surface area contributed by atoms with E-state index < -0.39 is 6.43 Å². The normalized spacial score (nSPS) is 17.1. The summed E-state index contributed by atoms with van der Waals surface area (Å²) in [6.45, 7) is 9.11. The molecule has 0 bridgehead atoms. The number of aliphatic imine (C=N–C) groups is 1. The van der Waals surface area contributed by atoms with Crippen molar-refractivity contribution < 1.29 is 18.7 Å². The minimum Gasteiger partial charge on any atom is -0.483 e. The summed E-state index contributed by atoms with van der Waals surface area (Å²) in [6.07, 6.45) is 1.86. The lowest BCUT2D eigenvalue weighted by Gasteiger charge is -2.17. The van der Waals surface area contributed by atoms with Crippen LogP contribution in [0.5, 0.6) is 0 Å². The zero-order valence-corrected chi connectivity index (χ0v) is 13.7. The van der Waals surface area contributed by atoms with Gasteiger partial charge in [0.2, 0.25) is 0 Å². The number of halogens is 3. The monoisotopic (exact) mass is 336 g/mol. The zero-order valence-electron chi connectivity index (χ0n) is 12.9. The SMILES string of the molecule is C=C(/C=C(Cl)\N=C(\C(F)F)C(C)CC)N1CCCC1.O=CO. The average Bonchev–Trinajstić information content (AvgIpc) is 2.98. The molecule has 22 heavy (non-hydrogen) atoms. The van der Waals surface area contributed by atoms with E-state index >= 15 is 0 Å². The Balaban J connectivity index is 0.00000135. The number of allylic oxidation sites excluding steroid dienone is 1. The summed E-state index contributed by atoms with van der Waals surface area (Å²) >= 11 is 5.95. The maximum absolute atomic E-state index is 12.9. The second-order valence-electron chi connectivity index (χ2n) is 4.90. The van der Waals surface area contributed by atoms with E-state index in [1.807, 2.05) is 6.92 Å². The van der Waals surface area contributed by atoms with Gasteiger partial charge in [0.25, 0.3) is 12.9 Å². The van der Waals surface area contributed by atoms with Crippen LogP contribution in [0, 0.1) is 5.92 Å². The highest BCUT2D eigenvalue weighted by molar-refractivity contribution is 6.30. The third-order valence-corrected chi connectivity index (χ3v) is 3.57. The summed E-state index contributed by atoms with van der Waals surface area (Å²) in [7, 11) is 0. The first-order chi connectivity index (χ1) is 10.4. The van der Waals surface area contributed by atoms with E-state index in [9.17, 15) is 8.78 Å². The van der Waals surface area contributed by atoms with Gasteiger partial charge >= 0.3 is 0 Å². The maximum atomic E-state index is 12.9. The first kappa shape index (κ1) is 20.6. The lowest BCUT2D eigenvalue weighted by atomic mass is 10.0. The topological polar surface area (TPSA) is 52.9 Å². The number of carbonyl (C=O) groups is 1. The first-order valence-corrected chi connectivity index (χ1v) is 7.50. The predicted molar refractivity (Wildman–Crippen MR) is 85.5 cm³/mol. The Morgan fingerprint density at radius 2 is 1.95 bits per heavy atom. The van der Waals surface area contributed by atoms with Crippen LogP contribution in [0.4, 0.5) is 8.78 Å². The van der Waals surface area contributed by atoms with E-state index in [2.05, 4.69) is 16.5 Å². The number of hydrogen-bond acceptors (Lipinski definition) is 3. The number of likely N-dealkylation sites (tertiary alicyclic amines) is 1. The quantitative estimate of drug-likeness (QED) is 0.343. The molecule has 0 radical (unpaired) electrons. The molecule has 1 aliphatic heterocycles. The molecule has 0 spiro atoms. The number of nitrogens with zero attached hydrogens (tertiary/aromatic N) is 2. The molecule has 126 valence electrons. The second kappa shape index (κ2) is 11.2. The highest BCUT2D eigenvalue weighted by atomic mass is 35.5. The van der Waals surface area contributed by atoms with Gasteiger partial charge in [0.15, 0.2) is 0 Å². The molecule has 0 aliphatic carbocycles. The summed E-state index contributed by atoms with van der Waals surface area (Å²) in [5, 5.41) is 6.97. The van der Waals surface area contributed by atoms with Crippen LogP contribution in [0.2, 0.25) is 0 Å². The van der Waals surface area contributed by atoms with Gasteiger partial charge in [-0.3, -0.25) is 4.79 Å². The molecule has 1 unspecified atom stereocenters. The van der Waals surface area contributed by atoms with Crippen molar-refractivity contribution in [3.63, 3.8) is 0 Å². The van der Waals surface area contributed by atoms with Gasteiger partial charge in [0.05, 0.1) is 5.71 Å². The Hall–Kier alpha value is -1.43. The fraction of sp³-hybridized carbons (Fsp3) is 0.600. The van der Waals surface area contributed by atoms with Gasteiger partial charge in [0.1, 0.15) is 5.16 Å². The Morgan fingerprint density at radius 1 is 1.45 bits per heavy atom. The molecule has 0 aromatic rings. The number of alkyl halides is 2. The van der Waals surface area contributed by atoms with Crippen molar-refractivity contribution in [2.45, 2.75) is 39.5 Å². The molecule has 0 aromatic heterocycles. The third-order valence-electron chi connectivity index (χ3n) is 3.37. The summed E-state index contributed by atoms with van der Waals surface area (Å²) in [5.74, 6) is -0.276. The molecule has 1 N–H and O–H groups in total. The third kappa shape index (κ3) is 7.54. The van der Waals surface area contributed by atoms with E-state index in [0.29, 0.717) is 6.42 Å². The average molecular weight is 337 g/mol. The van der Waals surface area contributed by atoms with Crippen molar-refractivity contribution in [3.05, 3.63) is 23.5 Å². The summed E-state index contributed by atoms with van der Waals surface area (Å²) in [5.41, 5.74) is 0.585. The van der Waals surface area contributed by atoms with Crippen LogP contribution in [-0.2, 0) is 4.79 Å². The van der Waals surface area contributed by atoms with Crippen molar-refractivity contribution in [2.24, 2.45) is 10.9 Å². The fourth-order valence-corrected chi connectivity index (χ4v) is 2.20. The molecule has 1 rings (SSSR count). The smallest absolute Gasteiger partial charge is 0.290 e. The second-order valence-corrected chi connectivity index (χ2v) is 5.29. The first-order valence-electron chi connectivity index (χ1n) is 7.12. The van der Waals surface area contributed by atoms with Crippen LogP contribution in [0.25, 0.3) is 0 Å². The number of carboxylic acid groups (broad SMARTS) is 1. The van der Waals surface area contributed by atoms with Crippen LogP contribution >= 0.6 is 11.6 Å². The van der Waals surface area contributed by atoms with E-state index in [4.69, 9.17) is 21.5 Å². The minimum absolute atomic E-state index is 0.0764. The molecule has 1 aliphatic rings. The molecule has 7 heteroatoms. The molecule has 0 saturated carbocycles. The fourth-order valence-electron chi connectivity index (χ4n) is 1.97. The molecule has 1 fully saturated rings. The van der Waals surface area contributed by atoms with Gasteiger partial charge in [-0.25, -0.2) is 13.8 Å². The maximum Gasteiger partial charge on any atom is 0.290 e. The van der Waals surface area contributed by atoms with Gasteiger partial charge in [-0.05, 0) is 31.3 Å². The van der Waals surface area contributed by atoms with Crippen molar-refractivity contribution >= 4 is 23.8 Å². The van der Waals surface area contributed by atoms with Gasteiger partial charge in [-0.1, -0.05) is 32.0 Å². The lowest BCUT2D eigenvalue weighted by Crippen LogP contribution is -2.19. The van der Waals surface area contributed by atoms with Gasteiger partial charge in [0, 0.05) is 18.8 Å². The van der Waals surface area contributed by atoms with Crippen molar-refractivity contribution in [3.8, 4) is 0 Å². The summed E-state index contributed by atoms with van der Waals surface area (Å²) in [4.78, 5) is 14.3. The van der Waals surface area contributed by atoms with Crippen molar-refractivity contribution in [1.82, 2.24) is 4.90 Å². The van der Waals surface area contributed by atoms with Crippen molar-refractivity contribution in [2.75, 3.05) is 13.1 Å². The van der Waals surface area contributed by atoms with Crippen LogP contribution in [-0.4, -0.2) is 41.7 Å². The molecule has 0 amide bonds. The zero-order chi connectivity index (χ0) is 17.1. The Labute approximate surface area is 135 Å². The van der Waals surface area contributed by atoms with Crippen LogP contribution in [0.3, 0.4) is 0 Å². The van der Waals surface area contributed by atoms with Crippen molar-refractivity contribution in [1.29, 1.82) is 0 Å². The molecular formula is C15H23ClF2N2O2. The Kier molecular flexibility index (Phi) is 10.5. The Bertz CT molecular complexity index is 420. The highest BCUT2D eigenvalue weighted by Crippen LogP contribution is 2.19. The molecule has 1 saturated heterocycles. The molecule has 0 aromatic carbocycles. The van der Waals surface area contributed by atoms with Gasteiger partial charge in [-0.15, -0.1) is 0 Å². The largest absolute Gasteiger partial charge is 0.483 e. The number of hydrogen-bond donors (Lipinski definition) is 1. The van der Waals surface area contributed by atoms with E-state index in [1.54, 1.807) is 13.0 Å². The van der Waals surface area contributed by atoms with E-state index in [0.717, 1.165) is 31.6 Å². The standard InChI is InChI=1S/C14H21ClF2N2.CH2O2/c1-4-10(2)13(14(16)17)18-12(15)9-11(3)19-7-5-6-8-19;2-1-3/h9-10,14H,3-8H2,1-2H3;1H,(H,2,3)/b12-9-,18-13+;. The van der Waals surface area contributed by atoms with Gasteiger partial charge < -0.3 is 10.0 Å². The van der Waals surface area contributed by atoms with Gasteiger partial charge in [-0.2, -0.15) is 0 Å². The summed E-state index contributed by atoms with van der Waals surface area (Å²) < 4.78 is 25.8. The molecular weight excluding hydrogens is 314 g/mol. The van der Waals surface area contributed by atoms with E-state index in [1.165, 1.54) is 0 Å².